The molecule has 0 aromatic rings. The van der Waals surface area contributed by atoms with Crippen LogP contribution in [0.4, 0.5) is 0 Å². The zero-order valence-corrected chi connectivity index (χ0v) is 12.3. The summed E-state index contributed by atoms with van der Waals surface area (Å²) in [4.78, 5) is 12.2. The van der Waals surface area contributed by atoms with E-state index in [0.717, 1.165) is 10.6 Å². The summed E-state index contributed by atoms with van der Waals surface area (Å²) in [6.45, 7) is -1.66. The fourth-order valence-corrected chi connectivity index (χ4v) is 3.30. The van der Waals surface area contributed by atoms with Crippen molar-refractivity contribution in [2.45, 2.75) is 30.8 Å². The first-order chi connectivity index (χ1) is 9.29. The first-order valence-electron chi connectivity index (χ1n) is 6.41. The largest absolute Gasteiger partial charge is 0.394 e. The summed E-state index contributed by atoms with van der Waals surface area (Å²) in [6.07, 6.45) is 2.81. The van der Waals surface area contributed by atoms with Crippen molar-refractivity contribution >= 4 is 15.9 Å². The maximum Gasteiger partial charge on any atom is 0.239 e. The SMILES string of the molecule is CS(=O)(=O)N1CCCCC1C(=O)NC(CO)(CO)CO. The van der Waals surface area contributed by atoms with E-state index in [9.17, 15) is 28.5 Å². The van der Waals surface area contributed by atoms with Gasteiger partial charge >= 0.3 is 0 Å². The lowest BCUT2D eigenvalue weighted by molar-refractivity contribution is -0.130. The van der Waals surface area contributed by atoms with Crippen LogP contribution in [0.3, 0.4) is 0 Å². The van der Waals surface area contributed by atoms with Gasteiger partial charge in [0.05, 0.1) is 26.1 Å². The third kappa shape index (κ3) is 3.89. The molecule has 1 heterocycles. The maximum atomic E-state index is 12.2. The number of nitrogens with one attached hydrogen (secondary N) is 1. The number of amides is 1. The molecular formula is C11H22N2O6S. The number of rotatable bonds is 6. The zero-order valence-electron chi connectivity index (χ0n) is 11.4. The smallest absolute Gasteiger partial charge is 0.239 e. The van der Waals surface area contributed by atoms with Gasteiger partial charge < -0.3 is 20.6 Å². The Morgan fingerprint density at radius 1 is 1.25 bits per heavy atom. The molecule has 0 aromatic carbocycles. The summed E-state index contributed by atoms with van der Waals surface area (Å²) < 4.78 is 24.5. The average Bonchev–Trinajstić information content (AvgIpc) is 2.44. The molecule has 1 atom stereocenters. The summed E-state index contributed by atoms with van der Waals surface area (Å²) in [5.74, 6) is -0.618. The van der Waals surface area contributed by atoms with Crippen molar-refractivity contribution in [1.82, 2.24) is 9.62 Å². The third-order valence-electron chi connectivity index (χ3n) is 3.48. The number of hydrogen-bond acceptors (Lipinski definition) is 6. The first kappa shape index (κ1) is 17.3. The predicted octanol–water partition coefficient (Wildman–Crippen LogP) is -2.37. The van der Waals surface area contributed by atoms with Crippen molar-refractivity contribution in [3.63, 3.8) is 0 Å². The minimum Gasteiger partial charge on any atom is -0.394 e. The van der Waals surface area contributed by atoms with E-state index in [1.54, 1.807) is 0 Å². The summed E-state index contributed by atoms with van der Waals surface area (Å²) in [6, 6.07) is -0.872. The molecule has 1 unspecified atom stereocenters. The van der Waals surface area contributed by atoms with Crippen LogP contribution in [0.2, 0.25) is 0 Å². The molecule has 1 aliphatic rings. The summed E-state index contributed by atoms with van der Waals surface area (Å²) >= 11 is 0. The molecule has 1 fully saturated rings. The fourth-order valence-electron chi connectivity index (χ4n) is 2.18. The highest BCUT2D eigenvalue weighted by Crippen LogP contribution is 2.20. The van der Waals surface area contributed by atoms with Gasteiger partial charge in [-0.05, 0) is 12.8 Å². The molecule has 8 nitrogen and oxygen atoms in total. The van der Waals surface area contributed by atoms with Gasteiger partial charge in [-0.3, -0.25) is 4.79 Å². The Labute approximate surface area is 118 Å². The Balaban J connectivity index is 2.88. The Morgan fingerprint density at radius 2 is 1.80 bits per heavy atom. The molecular weight excluding hydrogens is 288 g/mol. The Morgan fingerprint density at radius 3 is 2.25 bits per heavy atom. The Kier molecular flexibility index (Phi) is 5.90. The second-order valence-corrected chi connectivity index (χ2v) is 7.06. The monoisotopic (exact) mass is 310 g/mol. The Hall–Kier alpha value is -0.740. The van der Waals surface area contributed by atoms with E-state index in [4.69, 9.17) is 0 Å². The molecule has 0 bridgehead atoms. The lowest BCUT2D eigenvalue weighted by Crippen LogP contribution is -2.62. The summed E-state index contributed by atoms with van der Waals surface area (Å²) in [7, 11) is -3.51. The lowest BCUT2D eigenvalue weighted by atomic mass is 10.00. The van der Waals surface area contributed by atoms with E-state index in [1.807, 2.05) is 0 Å². The van der Waals surface area contributed by atoms with Gasteiger partial charge in [-0.1, -0.05) is 6.42 Å². The maximum absolute atomic E-state index is 12.2. The normalized spacial score (nSPS) is 21.7. The molecule has 20 heavy (non-hydrogen) atoms. The van der Waals surface area contributed by atoms with Crippen molar-refractivity contribution in [2.75, 3.05) is 32.6 Å². The molecule has 0 aromatic heterocycles. The van der Waals surface area contributed by atoms with Crippen molar-refractivity contribution in [3.05, 3.63) is 0 Å². The standard InChI is InChI=1S/C11H22N2O6S/c1-20(18,19)13-5-3-2-4-9(13)10(17)12-11(6-14,7-15)8-16/h9,14-16H,2-8H2,1H3,(H,12,17). The minimum absolute atomic E-state index is 0.265. The molecule has 0 aliphatic carbocycles. The zero-order chi connectivity index (χ0) is 15.4. The van der Waals surface area contributed by atoms with Gasteiger partial charge in [-0.2, -0.15) is 4.31 Å². The molecule has 1 aliphatic heterocycles. The van der Waals surface area contributed by atoms with E-state index < -0.39 is 47.3 Å². The van der Waals surface area contributed by atoms with Crippen LogP contribution in [-0.2, 0) is 14.8 Å². The second-order valence-electron chi connectivity index (χ2n) is 5.13. The highest BCUT2D eigenvalue weighted by molar-refractivity contribution is 7.88. The molecule has 1 saturated heterocycles. The summed E-state index contributed by atoms with van der Waals surface area (Å²) in [5, 5.41) is 29.9. The molecule has 118 valence electrons. The van der Waals surface area contributed by atoms with Crippen LogP contribution in [0, 0.1) is 0 Å². The minimum atomic E-state index is -3.51. The van der Waals surface area contributed by atoms with E-state index >= 15 is 0 Å². The average molecular weight is 310 g/mol. The molecule has 1 amide bonds. The van der Waals surface area contributed by atoms with E-state index in [-0.39, 0.29) is 6.54 Å². The highest BCUT2D eigenvalue weighted by atomic mass is 32.2. The van der Waals surface area contributed by atoms with Crippen LogP contribution >= 0.6 is 0 Å². The van der Waals surface area contributed by atoms with Crippen LogP contribution < -0.4 is 5.32 Å². The van der Waals surface area contributed by atoms with E-state index in [1.165, 1.54) is 0 Å². The number of nitrogens with zero attached hydrogens (tertiary/aromatic N) is 1. The van der Waals surface area contributed by atoms with Crippen LogP contribution in [0.25, 0.3) is 0 Å². The number of aliphatic hydroxyl groups excluding tert-OH is 3. The van der Waals surface area contributed by atoms with Gasteiger partial charge in [0.25, 0.3) is 0 Å². The van der Waals surface area contributed by atoms with E-state index in [0.29, 0.717) is 19.3 Å². The van der Waals surface area contributed by atoms with Crippen molar-refractivity contribution in [2.24, 2.45) is 0 Å². The molecule has 9 heteroatoms. The topological polar surface area (TPSA) is 127 Å². The predicted molar refractivity (Wildman–Crippen MR) is 71.3 cm³/mol. The molecule has 4 N–H and O–H groups in total. The molecule has 0 saturated carbocycles. The molecule has 0 radical (unpaired) electrons. The lowest BCUT2D eigenvalue weighted by Gasteiger charge is -2.36. The van der Waals surface area contributed by atoms with Crippen LogP contribution in [-0.4, -0.2) is 78.2 Å². The third-order valence-corrected chi connectivity index (χ3v) is 4.77. The van der Waals surface area contributed by atoms with Crippen molar-refractivity contribution < 1.29 is 28.5 Å². The second kappa shape index (κ2) is 6.81. The van der Waals surface area contributed by atoms with Gasteiger partial charge in [-0.25, -0.2) is 8.42 Å². The van der Waals surface area contributed by atoms with E-state index in [2.05, 4.69) is 5.32 Å². The number of hydrogen-bond donors (Lipinski definition) is 4. The van der Waals surface area contributed by atoms with Gasteiger partial charge in [0.2, 0.25) is 15.9 Å². The quantitative estimate of drug-likeness (QED) is 0.434. The number of carbonyl (C=O) groups is 1. The van der Waals surface area contributed by atoms with Crippen LogP contribution in [0.1, 0.15) is 19.3 Å². The van der Waals surface area contributed by atoms with Gasteiger partial charge in [0.15, 0.2) is 0 Å². The van der Waals surface area contributed by atoms with Crippen molar-refractivity contribution in [3.8, 4) is 0 Å². The van der Waals surface area contributed by atoms with Crippen molar-refractivity contribution in [1.29, 1.82) is 0 Å². The molecule has 1 rings (SSSR count). The number of sulfonamides is 1. The molecule has 0 spiro atoms. The fraction of sp³-hybridized carbons (Fsp3) is 0.909. The van der Waals surface area contributed by atoms with Gasteiger partial charge in [0.1, 0.15) is 11.6 Å². The highest BCUT2D eigenvalue weighted by Gasteiger charge is 2.38. The van der Waals surface area contributed by atoms with Gasteiger partial charge in [-0.15, -0.1) is 0 Å². The number of aliphatic hydroxyl groups is 3. The number of piperidine rings is 1. The van der Waals surface area contributed by atoms with Gasteiger partial charge in [0, 0.05) is 6.54 Å². The summed E-state index contributed by atoms with van der Waals surface area (Å²) in [5.41, 5.74) is -1.54. The van der Waals surface area contributed by atoms with Crippen LogP contribution in [0.15, 0.2) is 0 Å². The first-order valence-corrected chi connectivity index (χ1v) is 8.26. The van der Waals surface area contributed by atoms with Crippen LogP contribution in [0.5, 0.6) is 0 Å². The Bertz CT molecular complexity index is 426. The number of carbonyl (C=O) groups excluding carboxylic acids is 1.